The fourth-order valence-electron chi connectivity index (χ4n) is 1.42. The van der Waals surface area contributed by atoms with Crippen molar-refractivity contribution in [2.24, 2.45) is 0 Å². The van der Waals surface area contributed by atoms with Crippen molar-refractivity contribution in [1.82, 2.24) is 0 Å². The van der Waals surface area contributed by atoms with Crippen molar-refractivity contribution in [2.45, 2.75) is 32.8 Å². The minimum absolute atomic E-state index is 0.707. The van der Waals surface area contributed by atoms with Crippen LogP contribution in [0.5, 0.6) is 5.75 Å². The van der Waals surface area contributed by atoms with E-state index in [-0.39, 0.29) is 0 Å². The fourth-order valence-corrected chi connectivity index (χ4v) is 1.42. The number of aliphatic hydroxyl groups is 1. The van der Waals surface area contributed by atoms with Gasteiger partial charge in [0.25, 0.3) is 0 Å². The van der Waals surface area contributed by atoms with Gasteiger partial charge in [0.15, 0.2) is 0 Å². The number of hydrogen-bond acceptors (Lipinski definition) is 2. The van der Waals surface area contributed by atoms with Gasteiger partial charge in [-0.3, -0.25) is 0 Å². The molecule has 0 aliphatic rings. The normalized spacial score (nSPS) is 14.9. The van der Waals surface area contributed by atoms with Crippen molar-refractivity contribution < 1.29 is 9.84 Å². The SMILES string of the molecule is CC[C@@](C)(O)c1ccc(OC)c(C)c1. The van der Waals surface area contributed by atoms with Gasteiger partial charge in [-0.05, 0) is 43.5 Å². The molecule has 14 heavy (non-hydrogen) atoms. The number of hydrogen-bond donors (Lipinski definition) is 1. The predicted molar refractivity (Wildman–Crippen MR) is 57.6 cm³/mol. The molecule has 1 atom stereocenters. The highest BCUT2D eigenvalue weighted by Crippen LogP contribution is 2.28. The van der Waals surface area contributed by atoms with E-state index in [1.54, 1.807) is 7.11 Å². The van der Waals surface area contributed by atoms with Crippen molar-refractivity contribution in [2.75, 3.05) is 7.11 Å². The molecule has 0 amide bonds. The van der Waals surface area contributed by atoms with E-state index in [0.29, 0.717) is 6.42 Å². The number of rotatable bonds is 3. The summed E-state index contributed by atoms with van der Waals surface area (Å²) in [4.78, 5) is 0. The standard InChI is InChI=1S/C12H18O2/c1-5-12(3,13)10-6-7-11(14-4)9(2)8-10/h6-8,13H,5H2,1-4H3/t12-/m1/s1. The summed E-state index contributed by atoms with van der Waals surface area (Å²) in [5.74, 6) is 0.862. The molecule has 1 rings (SSSR count). The fraction of sp³-hybridized carbons (Fsp3) is 0.500. The Morgan fingerprint density at radius 3 is 2.50 bits per heavy atom. The van der Waals surface area contributed by atoms with Gasteiger partial charge < -0.3 is 9.84 Å². The second-order valence-electron chi connectivity index (χ2n) is 3.81. The first kappa shape index (κ1) is 11.1. The van der Waals surface area contributed by atoms with Crippen LogP contribution >= 0.6 is 0 Å². The molecule has 0 aliphatic carbocycles. The molecule has 0 aromatic heterocycles. The highest BCUT2D eigenvalue weighted by Gasteiger charge is 2.20. The van der Waals surface area contributed by atoms with Crippen LogP contribution in [-0.2, 0) is 5.60 Å². The average Bonchev–Trinajstić information content (AvgIpc) is 2.17. The molecular weight excluding hydrogens is 176 g/mol. The Hall–Kier alpha value is -1.02. The molecule has 0 bridgehead atoms. The summed E-state index contributed by atoms with van der Waals surface area (Å²) in [6.45, 7) is 5.78. The van der Waals surface area contributed by atoms with Gasteiger partial charge in [0.2, 0.25) is 0 Å². The van der Waals surface area contributed by atoms with Crippen molar-refractivity contribution in [3.63, 3.8) is 0 Å². The highest BCUT2D eigenvalue weighted by atomic mass is 16.5. The Morgan fingerprint density at radius 1 is 1.43 bits per heavy atom. The van der Waals surface area contributed by atoms with Gasteiger partial charge in [0.05, 0.1) is 12.7 Å². The van der Waals surface area contributed by atoms with Crippen LogP contribution in [0.25, 0.3) is 0 Å². The third kappa shape index (κ3) is 2.07. The Morgan fingerprint density at radius 2 is 2.07 bits per heavy atom. The second kappa shape index (κ2) is 4.01. The summed E-state index contributed by atoms with van der Waals surface area (Å²) in [6, 6.07) is 5.78. The molecule has 0 fully saturated rings. The molecule has 0 heterocycles. The van der Waals surface area contributed by atoms with Crippen LogP contribution in [0, 0.1) is 6.92 Å². The van der Waals surface area contributed by atoms with E-state index >= 15 is 0 Å². The van der Waals surface area contributed by atoms with E-state index in [0.717, 1.165) is 16.9 Å². The predicted octanol–water partition coefficient (Wildman–Crippen LogP) is 2.62. The quantitative estimate of drug-likeness (QED) is 0.801. The molecule has 2 nitrogen and oxygen atoms in total. The number of methoxy groups -OCH3 is 1. The lowest BCUT2D eigenvalue weighted by Crippen LogP contribution is -2.19. The van der Waals surface area contributed by atoms with Gasteiger partial charge in [-0.2, -0.15) is 0 Å². The van der Waals surface area contributed by atoms with Crippen LogP contribution in [0.3, 0.4) is 0 Å². The molecule has 0 saturated carbocycles. The Labute approximate surface area is 85.5 Å². The van der Waals surface area contributed by atoms with Crippen molar-refractivity contribution >= 4 is 0 Å². The molecule has 0 spiro atoms. The topological polar surface area (TPSA) is 29.5 Å². The molecular formula is C12H18O2. The number of aryl methyl sites for hydroxylation is 1. The maximum absolute atomic E-state index is 10.0. The molecule has 1 aromatic carbocycles. The van der Waals surface area contributed by atoms with Crippen LogP contribution in [-0.4, -0.2) is 12.2 Å². The Balaban J connectivity index is 3.08. The zero-order chi connectivity index (χ0) is 10.8. The molecule has 0 saturated heterocycles. The summed E-state index contributed by atoms with van der Waals surface area (Å²) in [6.07, 6.45) is 0.707. The van der Waals surface area contributed by atoms with Crippen LogP contribution in [0.1, 0.15) is 31.4 Å². The van der Waals surface area contributed by atoms with Crippen molar-refractivity contribution in [1.29, 1.82) is 0 Å². The van der Waals surface area contributed by atoms with E-state index in [1.807, 2.05) is 39.0 Å². The van der Waals surface area contributed by atoms with Gasteiger partial charge in [-0.15, -0.1) is 0 Å². The van der Waals surface area contributed by atoms with E-state index in [1.165, 1.54) is 0 Å². The maximum Gasteiger partial charge on any atom is 0.121 e. The van der Waals surface area contributed by atoms with Gasteiger partial charge in [-0.25, -0.2) is 0 Å². The van der Waals surface area contributed by atoms with Crippen LogP contribution in [0.2, 0.25) is 0 Å². The molecule has 1 N–H and O–H groups in total. The maximum atomic E-state index is 10.0. The first-order valence-electron chi connectivity index (χ1n) is 4.88. The molecule has 2 heteroatoms. The second-order valence-corrected chi connectivity index (χ2v) is 3.81. The molecule has 0 radical (unpaired) electrons. The highest BCUT2D eigenvalue weighted by molar-refractivity contribution is 5.38. The minimum atomic E-state index is -0.739. The van der Waals surface area contributed by atoms with Crippen LogP contribution in [0.15, 0.2) is 18.2 Å². The summed E-state index contributed by atoms with van der Waals surface area (Å²) < 4.78 is 5.16. The summed E-state index contributed by atoms with van der Waals surface area (Å²) in [5.41, 5.74) is 1.26. The largest absolute Gasteiger partial charge is 0.496 e. The number of benzene rings is 1. The monoisotopic (exact) mass is 194 g/mol. The Kier molecular flexibility index (Phi) is 3.17. The van der Waals surface area contributed by atoms with E-state index in [9.17, 15) is 5.11 Å². The summed E-state index contributed by atoms with van der Waals surface area (Å²) in [7, 11) is 1.65. The lowest BCUT2D eigenvalue weighted by atomic mass is 9.92. The zero-order valence-electron chi connectivity index (χ0n) is 9.29. The zero-order valence-corrected chi connectivity index (χ0v) is 9.29. The lowest BCUT2D eigenvalue weighted by Gasteiger charge is -2.22. The molecule has 0 unspecified atom stereocenters. The smallest absolute Gasteiger partial charge is 0.121 e. The van der Waals surface area contributed by atoms with Gasteiger partial charge >= 0.3 is 0 Å². The third-order valence-corrected chi connectivity index (χ3v) is 2.71. The molecule has 0 aliphatic heterocycles. The van der Waals surface area contributed by atoms with E-state index in [4.69, 9.17) is 4.74 Å². The average molecular weight is 194 g/mol. The van der Waals surface area contributed by atoms with Crippen molar-refractivity contribution in [3.8, 4) is 5.75 Å². The third-order valence-electron chi connectivity index (χ3n) is 2.71. The first-order valence-corrected chi connectivity index (χ1v) is 4.88. The van der Waals surface area contributed by atoms with E-state index in [2.05, 4.69) is 0 Å². The van der Waals surface area contributed by atoms with Crippen molar-refractivity contribution in [3.05, 3.63) is 29.3 Å². The summed E-state index contributed by atoms with van der Waals surface area (Å²) in [5, 5.41) is 10.0. The Bertz CT molecular complexity index is 316. The molecule has 78 valence electrons. The van der Waals surface area contributed by atoms with Crippen LogP contribution < -0.4 is 4.74 Å². The lowest BCUT2D eigenvalue weighted by molar-refractivity contribution is 0.0530. The van der Waals surface area contributed by atoms with Crippen LogP contribution in [0.4, 0.5) is 0 Å². The molecule has 1 aromatic rings. The minimum Gasteiger partial charge on any atom is -0.496 e. The first-order chi connectivity index (χ1) is 6.51. The van der Waals surface area contributed by atoms with E-state index < -0.39 is 5.60 Å². The number of ether oxygens (including phenoxy) is 1. The summed E-state index contributed by atoms with van der Waals surface area (Å²) >= 11 is 0. The van der Waals surface area contributed by atoms with Gasteiger partial charge in [0.1, 0.15) is 5.75 Å². The van der Waals surface area contributed by atoms with Gasteiger partial charge in [0, 0.05) is 0 Å². The van der Waals surface area contributed by atoms with Gasteiger partial charge in [-0.1, -0.05) is 13.0 Å².